The molecule has 2 aromatic rings. The van der Waals surface area contributed by atoms with Gasteiger partial charge in [-0.15, -0.1) is 0 Å². The molecule has 1 heterocycles. The standard InChI is InChI=1S/C17H15NO4/c1-12-2-6-14(7-3-12)22-15-8-4-13(5-9-15)16(19)18-10-11-21-17(18)20/h2-9H,10-11H2,1H3. The molecule has 0 aromatic heterocycles. The normalized spacial score (nSPS) is 13.9. The summed E-state index contributed by atoms with van der Waals surface area (Å²) in [5.74, 6) is 1.00. The van der Waals surface area contributed by atoms with Gasteiger partial charge in [0.25, 0.3) is 5.91 Å². The average molecular weight is 297 g/mol. The van der Waals surface area contributed by atoms with Crippen LogP contribution in [0.15, 0.2) is 48.5 Å². The van der Waals surface area contributed by atoms with Crippen molar-refractivity contribution in [1.29, 1.82) is 0 Å². The Bertz CT molecular complexity index is 692. The fourth-order valence-corrected chi connectivity index (χ4v) is 2.14. The minimum Gasteiger partial charge on any atom is -0.457 e. The molecule has 1 aliphatic heterocycles. The second-order valence-corrected chi connectivity index (χ2v) is 5.01. The summed E-state index contributed by atoms with van der Waals surface area (Å²) >= 11 is 0. The van der Waals surface area contributed by atoms with Crippen molar-refractivity contribution in [3.63, 3.8) is 0 Å². The van der Waals surface area contributed by atoms with Gasteiger partial charge in [-0.3, -0.25) is 4.79 Å². The second-order valence-electron chi connectivity index (χ2n) is 5.01. The van der Waals surface area contributed by atoms with Crippen LogP contribution in [0, 0.1) is 6.92 Å². The molecule has 0 unspecified atom stereocenters. The molecule has 5 heteroatoms. The Labute approximate surface area is 128 Å². The third-order valence-electron chi connectivity index (χ3n) is 3.36. The molecule has 2 aromatic carbocycles. The number of carbonyl (C=O) groups excluding carboxylic acids is 2. The van der Waals surface area contributed by atoms with Gasteiger partial charge < -0.3 is 9.47 Å². The summed E-state index contributed by atoms with van der Waals surface area (Å²) in [5, 5.41) is 0. The first-order valence-electron chi connectivity index (χ1n) is 6.97. The van der Waals surface area contributed by atoms with Gasteiger partial charge in [-0.2, -0.15) is 0 Å². The third kappa shape index (κ3) is 2.93. The molecule has 1 fully saturated rings. The highest BCUT2D eigenvalue weighted by Crippen LogP contribution is 2.22. The molecule has 0 aliphatic carbocycles. The highest BCUT2D eigenvalue weighted by molar-refractivity contribution is 6.03. The lowest BCUT2D eigenvalue weighted by molar-refractivity contribution is 0.0810. The number of aryl methyl sites for hydroxylation is 1. The Balaban J connectivity index is 1.71. The van der Waals surface area contributed by atoms with Gasteiger partial charge in [-0.05, 0) is 43.3 Å². The molecule has 0 saturated carbocycles. The average Bonchev–Trinajstić information content (AvgIpc) is 2.96. The molecule has 0 N–H and O–H groups in total. The molecule has 5 nitrogen and oxygen atoms in total. The van der Waals surface area contributed by atoms with E-state index in [1.165, 1.54) is 0 Å². The van der Waals surface area contributed by atoms with E-state index in [9.17, 15) is 9.59 Å². The van der Waals surface area contributed by atoms with Gasteiger partial charge in [0.2, 0.25) is 0 Å². The predicted octanol–water partition coefficient (Wildman–Crippen LogP) is 3.38. The molecular weight excluding hydrogens is 282 g/mol. The van der Waals surface area contributed by atoms with E-state index in [0.717, 1.165) is 16.2 Å². The minimum absolute atomic E-state index is 0.249. The predicted molar refractivity (Wildman–Crippen MR) is 80.1 cm³/mol. The maximum Gasteiger partial charge on any atom is 0.416 e. The first-order valence-corrected chi connectivity index (χ1v) is 6.97. The summed E-state index contributed by atoms with van der Waals surface area (Å²) in [5.41, 5.74) is 1.58. The van der Waals surface area contributed by atoms with E-state index in [1.807, 2.05) is 31.2 Å². The zero-order valence-corrected chi connectivity index (χ0v) is 12.1. The van der Waals surface area contributed by atoms with Crippen LogP contribution in [-0.4, -0.2) is 30.1 Å². The first-order chi connectivity index (χ1) is 10.6. The summed E-state index contributed by atoms with van der Waals surface area (Å²) in [4.78, 5) is 24.6. The van der Waals surface area contributed by atoms with Gasteiger partial charge in [-0.25, -0.2) is 9.69 Å². The van der Waals surface area contributed by atoms with E-state index in [4.69, 9.17) is 9.47 Å². The van der Waals surface area contributed by atoms with Gasteiger partial charge in [-0.1, -0.05) is 17.7 Å². The van der Waals surface area contributed by atoms with E-state index < -0.39 is 6.09 Å². The lowest BCUT2D eigenvalue weighted by atomic mass is 10.2. The third-order valence-corrected chi connectivity index (χ3v) is 3.36. The Morgan fingerprint density at radius 3 is 2.18 bits per heavy atom. The van der Waals surface area contributed by atoms with E-state index in [-0.39, 0.29) is 12.5 Å². The highest BCUT2D eigenvalue weighted by Gasteiger charge is 2.29. The molecule has 112 valence electrons. The van der Waals surface area contributed by atoms with Crippen molar-refractivity contribution in [1.82, 2.24) is 4.90 Å². The molecule has 1 saturated heterocycles. The smallest absolute Gasteiger partial charge is 0.416 e. The van der Waals surface area contributed by atoms with Gasteiger partial charge in [0, 0.05) is 5.56 Å². The summed E-state index contributed by atoms with van der Waals surface area (Å²) in [6, 6.07) is 14.4. The number of nitrogens with zero attached hydrogens (tertiary/aromatic N) is 1. The van der Waals surface area contributed by atoms with Crippen LogP contribution in [0.4, 0.5) is 4.79 Å². The molecule has 0 radical (unpaired) electrons. The van der Waals surface area contributed by atoms with Crippen molar-refractivity contribution < 1.29 is 19.1 Å². The van der Waals surface area contributed by atoms with Crippen molar-refractivity contribution in [3.05, 3.63) is 59.7 Å². The lowest BCUT2D eigenvalue weighted by Crippen LogP contribution is -2.31. The van der Waals surface area contributed by atoms with E-state index in [1.54, 1.807) is 24.3 Å². The molecule has 22 heavy (non-hydrogen) atoms. The van der Waals surface area contributed by atoms with Crippen LogP contribution < -0.4 is 4.74 Å². The maximum absolute atomic E-state index is 12.1. The summed E-state index contributed by atoms with van der Waals surface area (Å²) in [7, 11) is 0. The number of cyclic esters (lactones) is 1. The number of imide groups is 1. The molecule has 1 aliphatic rings. The number of hydrogen-bond acceptors (Lipinski definition) is 4. The number of carbonyl (C=O) groups is 2. The molecule has 3 rings (SSSR count). The summed E-state index contributed by atoms with van der Waals surface area (Å²) in [6.45, 7) is 2.55. The zero-order valence-electron chi connectivity index (χ0n) is 12.1. The van der Waals surface area contributed by atoms with Crippen LogP contribution in [0.25, 0.3) is 0 Å². The monoisotopic (exact) mass is 297 g/mol. The lowest BCUT2D eigenvalue weighted by Gasteiger charge is -2.11. The van der Waals surface area contributed by atoms with Crippen molar-refractivity contribution in [2.24, 2.45) is 0 Å². The van der Waals surface area contributed by atoms with Crippen molar-refractivity contribution in [2.75, 3.05) is 13.2 Å². The van der Waals surface area contributed by atoms with Gasteiger partial charge >= 0.3 is 6.09 Å². The fourth-order valence-electron chi connectivity index (χ4n) is 2.14. The van der Waals surface area contributed by atoms with Crippen LogP contribution in [-0.2, 0) is 4.74 Å². The van der Waals surface area contributed by atoms with Crippen LogP contribution in [0.3, 0.4) is 0 Å². The summed E-state index contributed by atoms with van der Waals surface area (Å²) in [6.07, 6.45) is -0.593. The van der Waals surface area contributed by atoms with Crippen LogP contribution >= 0.6 is 0 Å². The van der Waals surface area contributed by atoms with E-state index >= 15 is 0 Å². The Hall–Kier alpha value is -2.82. The number of hydrogen-bond donors (Lipinski definition) is 0. The van der Waals surface area contributed by atoms with Gasteiger partial charge in [0.1, 0.15) is 18.1 Å². The summed E-state index contributed by atoms with van der Waals surface area (Å²) < 4.78 is 10.5. The zero-order chi connectivity index (χ0) is 15.5. The van der Waals surface area contributed by atoms with Gasteiger partial charge in [0.05, 0.1) is 6.54 Å². The number of rotatable bonds is 3. The molecule has 2 amide bonds. The SMILES string of the molecule is Cc1ccc(Oc2ccc(C(=O)N3CCOC3=O)cc2)cc1. The molecule has 0 spiro atoms. The topological polar surface area (TPSA) is 55.8 Å². The van der Waals surface area contributed by atoms with Gasteiger partial charge in [0.15, 0.2) is 0 Å². The maximum atomic E-state index is 12.1. The Morgan fingerprint density at radius 1 is 1.05 bits per heavy atom. The largest absolute Gasteiger partial charge is 0.457 e. The van der Waals surface area contributed by atoms with Crippen LogP contribution in [0.2, 0.25) is 0 Å². The first kappa shape index (κ1) is 14.1. The minimum atomic E-state index is -0.593. The quantitative estimate of drug-likeness (QED) is 0.871. The highest BCUT2D eigenvalue weighted by atomic mass is 16.6. The Kier molecular flexibility index (Phi) is 3.78. The van der Waals surface area contributed by atoms with Crippen LogP contribution in [0.1, 0.15) is 15.9 Å². The van der Waals surface area contributed by atoms with Crippen molar-refractivity contribution in [3.8, 4) is 11.5 Å². The molecular formula is C17H15NO4. The van der Waals surface area contributed by atoms with Crippen molar-refractivity contribution >= 4 is 12.0 Å². The molecule has 0 bridgehead atoms. The number of amides is 2. The fraction of sp³-hybridized carbons (Fsp3) is 0.176. The molecule has 0 atom stereocenters. The Morgan fingerprint density at radius 2 is 1.64 bits per heavy atom. The second kappa shape index (κ2) is 5.89. The van der Waals surface area contributed by atoms with Crippen molar-refractivity contribution in [2.45, 2.75) is 6.92 Å². The van der Waals surface area contributed by atoms with E-state index in [0.29, 0.717) is 17.9 Å². The number of ether oxygens (including phenoxy) is 2. The number of benzene rings is 2. The van der Waals surface area contributed by atoms with E-state index in [2.05, 4.69) is 0 Å². The van der Waals surface area contributed by atoms with Crippen LogP contribution in [0.5, 0.6) is 11.5 Å².